The second-order valence-electron chi connectivity index (χ2n) is 31.3. The summed E-state index contributed by atoms with van der Waals surface area (Å²) in [6.45, 7) is 12.0. The highest BCUT2D eigenvalue weighted by Gasteiger charge is 2.30. The van der Waals surface area contributed by atoms with Crippen molar-refractivity contribution < 1.29 is 80.2 Å². The molecule has 0 aromatic heterocycles. The van der Waals surface area contributed by atoms with Crippen molar-refractivity contribution in [1.82, 2.24) is 0 Å². The Hall–Kier alpha value is -1.94. The first kappa shape index (κ1) is 102. The largest absolute Gasteiger partial charge is 0.472 e. The van der Waals surface area contributed by atoms with Gasteiger partial charge in [-0.15, -0.1) is 0 Å². The predicted molar refractivity (Wildman–Crippen MR) is 428 cm³/mol. The molecule has 3 N–H and O–H groups in total. The molecule has 0 spiro atoms. The smallest absolute Gasteiger partial charge is 0.462 e. The van der Waals surface area contributed by atoms with Crippen molar-refractivity contribution in [3.63, 3.8) is 0 Å². The van der Waals surface area contributed by atoms with Gasteiger partial charge in [-0.3, -0.25) is 37.3 Å². The summed E-state index contributed by atoms with van der Waals surface area (Å²) in [6.07, 6.45) is 65.4. The first-order valence-corrected chi connectivity index (χ1v) is 47.0. The SMILES string of the molecule is CCCCCCCCCCCCC(=O)OC[C@H](COP(=O)(O)OC[C@H](O)COP(=O)(O)OC[C@@H](COC(=O)CCCCCCCCCCCCCCCCCCCCC(C)CC)OC(=O)CCCCCCCCCCCCCCCCCCCCC(C)CC)OC(=O)CCCCCCCCC(C)CC. The average molecular weight is 1520 g/mol. The number of rotatable bonds is 83. The van der Waals surface area contributed by atoms with Gasteiger partial charge in [-0.05, 0) is 43.4 Å². The number of carbonyl (C=O) groups excluding carboxylic acids is 4. The lowest BCUT2D eigenvalue weighted by Gasteiger charge is -2.21. The van der Waals surface area contributed by atoms with Crippen LogP contribution in [0.1, 0.15) is 447 Å². The third-order valence-corrected chi connectivity index (χ3v) is 22.9. The summed E-state index contributed by atoms with van der Waals surface area (Å²) in [5.41, 5.74) is 0. The van der Waals surface area contributed by atoms with Crippen molar-refractivity contribution in [2.45, 2.75) is 465 Å². The minimum Gasteiger partial charge on any atom is -0.462 e. The van der Waals surface area contributed by atoms with Crippen molar-refractivity contribution in [1.29, 1.82) is 0 Å². The van der Waals surface area contributed by atoms with Crippen molar-refractivity contribution >= 4 is 39.5 Å². The summed E-state index contributed by atoms with van der Waals surface area (Å²) in [7, 11) is -9.92. The lowest BCUT2D eigenvalue weighted by atomic mass is 9.99. The molecule has 0 aromatic rings. The maximum absolute atomic E-state index is 13.1. The van der Waals surface area contributed by atoms with Crippen molar-refractivity contribution in [2.75, 3.05) is 39.6 Å². The molecule has 8 atom stereocenters. The monoisotopic (exact) mass is 1520 g/mol. The van der Waals surface area contributed by atoms with Gasteiger partial charge in [0, 0.05) is 25.7 Å². The van der Waals surface area contributed by atoms with Crippen LogP contribution in [0, 0.1) is 17.8 Å². The fourth-order valence-electron chi connectivity index (χ4n) is 13.1. The number of aliphatic hydroxyl groups excluding tert-OH is 1. The van der Waals surface area contributed by atoms with Gasteiger partial charge in [-0.1, -0.05) is 395 Å². The Labute approximate surface area is 638 Å². The predicted octanol–water partition coefficient (Wildman–Crippen LogP) is 25.7. The van der Waals surface area contributed by atoms with Gasteiger partial charge < -0.3 is 33.8 Å². The minimum atomic E-state index is -4.97. The maximum atomic E-state index is 13.1. The molecule has 0 aliphatic rings. The molecule has 0 bridgehead atoms. The molecule has 618 valence electrons. The van der Waals surface area contributed by atoms with Crippen LogP contribution in [0.3, 0.4) is 0 Å². The van der Waals surface area contributed by atoms with E-state index in [0.717, 1.165) is 108 Å². The van der Waals surface area contributed by atoms with E-state index in [1.165, 1.54) is 257 Å². The number of carbonyl (C=O) groups is 4. The van der Waals surface area contributed by atoms with E-state index in [9.17, 15) is 43.2 Å². The normalized spacial score (nSPS) is 14.7. The second kappa shape index (κ2) is 75.1. The summed E-state index contributed by atoms with van der Waals surface area (Å²) < 4.78 is 68.7. The Bertz CT molecular complexity index is 2010. The summed E-state index contributed by atoms with van der Waals surface area (Å²) >= 11 is 0. The first-order valence-electron chi connectivity index (χ1n) is 44.0. The van der Waals surface area contributed by atoms with Crippen LogP contribution in [0.5, 0.6) is 0 Å². The van der Waals surface area contributed by atoms with E-state index in [0.29, 0.717) is 25.7 Å². The Morgan fingerprint density at radius 3 is 0.683 bits per heavy atom. The molecule has 0 aromatic carbocycles. The molecule has 0 amide bonds. The van der Waals surface area contributed by atoms with Crippen LogP contribution < -0.4 is 0 Å². The summed E-state index contributed by atoms with van der Waals surface area (Å²) in [6, 6.07) is 0. The topological polar surface area (TPSA) is 237 Å². The van der Waals surface area contributed by atoms with Gasteiger partial charge in [0.2, 0.25) is 0 Å². The molecule has 0 heterocycles. The number of unbranched alkanes of at least 4 members (excludes halogenated alkanes) is 48. The highest BCUT2D eigenvalue weighted by molar-refractivity contribution is 7.47. The van der Waals surface area contributed by atoms with Crippen molar-refractivity contribution in [3.8, 4) is 0 Å². The van der Waals surface area contributed by atoms with E-state index in [2.05, 4.69) is 48.5 Å². The van der Waals surface area contributed by atoms with E-state index in [1.54, 1.807) is 0 Å². The highest BCUT2D eigenvalue weighted by Crippen LogP contribution is 2.45. The zero-order chi connectivity index (χ0) is 76.5. The Kier molecular flexibility index (Phi) is 73.7. The van der Waals surface area contributed by atoms with Crippen LogP contribution in [-0.2, 0) is 65.4 Å². The van der Waals surface area contributed by atoms with E-state index in [-0.39, 0.29) is 25.7 Å². The molecule has 0 fully saturated rings. The molecule has 0 aliphatic carbocycles. The zero-order valence-electron chi connectivity index (χ0n) is 68.5. The number of hydrogen-bond acceptors (Lipinski definition) is 15. The van der Waals surface area contributed by atoms with Gasteiger partial charge in [-0.25, -0.2) is 9.13 Å². The number of hydrogen-bond donors (Lipinski definition) is 3. The van der Waals surface area contributed by atoms with Gasteiger partial charge in [0.1, 0.15) is 19.3 Å². The lowest BCUT2D eigenvalue weighted by Crippen LogP contribution is -2.30. The Morgan fingerprint density at radius 1 is 0.269 bits per heavy atom. The number of ether oxygens (including phenoxy) is 4. The molecule has 0 rings (SSSR count). The molecular formula is C85H166O17P2. The number of phosphoric acid groups is 2. The summed E-state index contributed by atoms with van der Waals surface area (Å²) in [4.78, 5) is 73.0. The van der Waals surface area contributed by atoms with Gasteiger partial charge in [0.15, 0.2) is 12.2 Å². The van der Waals surface area contributed by atoms with Gasteiger partial charge in [0.25, 0.3) is 0 Å². The molecule has 17 nitrogen and oxygen atoms in total. The Morgan fingerprint density at radius 2 is 0.462 bits per heavy atom. The fourth-order valence-corrected chi connectivity index (χ4v) is 14.7. The Balaban J connectivity index is 5.17. The standard InChI is InChI=1S/C85H166O17P2/c1-8-12-13-14-15-16-39-44-52-59-66-82(87)96-73-81(102-85(90)69-62-55-48-47-51-58-65-78(7)11-4)75-100-104(93,94)98-71-79(86)70-97-103(91,92)99-74-80(101-84(89)68-61-54-46-41-36-32-28-24-20-18-22-26-30-34-38-43-50-57-64-77(6)10-3)72-95-83(88)67-60-53-45-40-35-31-27-23-19-17-21-25-29-33-37-42-49-56-63-76(5)9-2/h76-81,86H,8-75H2,1-7H3,(H,91,92)(H,93,94)/t76?,77?,78?,79-,80-,81-/m1/s1. The third kappa shape index (κ3) is 74.2. The fraction of sp³-hybridized carbons (Fsp3) is 0.953. The van der Waals surface area contributed by atoms with Gasteiger partial charge in [-0.2, -0.15) is 0 Å². The lowest BCUT2D eigenvalue weighted by molar-refractivity contribution is -0.161. The van der Waals surface area contributed by atoms with Crippen LogP contribution in [0.25, 0.3) is 0 Å². The molecule has 19 heteroatoms. The third-order valence-electron chi connectivity index (χ3n) is 21.0. The average Bonchev–Trinajstić information content (AvgIpc) is 0.908. The van der Waals surface area contributed by atoms with Crippen LogP contribution in [0.4, 0.5) is 0 Å². The summed E-state index contributed by atoms with van der Waals surface area (Å²) in [5.74, 6) is 0.354. The molecule has 0 saturated heterocycles. The molecule has 0 radical (unpaired) electrons. The quantitative estimate of drug-likeness (QED) is 0.0222. The van der Waals surface area contributed by atoms with Gasteiger partial charge >= 0.3 is 39.5 Å². The van der Waals surface area contributed by atoms with E-state index < -0.39 is 97.5 Å². The van der Waals surface area contributed by atoms with Crippen molar-refractivity contribution in [2.24, 2.45) is 17.8 Å². The number of aliphatic hydroxyl groups is 1. The number of phosphoric ester groups is 2. The van der Waals surface area contributed by atoms with Gasteiger partial charge in [0.05, 0.1) is 26.4 Å². The molecule has 0 aliphatic heterocycles. The van der Waals surface area contributed by atoms with E-state index in [4.69, 9.17) is 37.0 Å². The first-order chi connectivity index (χ1) is 50.3. The van der Waals surface area contributed by atoms with Crippen LogP contribution in [0.2, 0.25) is 0 Å². The van der Waals surface area contributed by atoms with Crippen molar-refractivity contribution in [3.05, 3.63) is 0 Å². The van der Waals surface area contributed by atoms with Crippen LogP contribution >= 0.6 is 15.6 Å². The highest BCUT2D eigenvalue weighted by atomic mass is 31.2. The van der Waals surface area contributed by atoms with E-state index >= 15 is 0 Å². The summed E-state index contributed by atoms with van der Waals surface area (Å²) in [5, 5.41) is 10.6. The molecule has 5 unspecified atom stereocenters. The van der Waals surface area contributed by atoms with Crippen LogP contribution in [-0.4, -0.2) is 96.7 Å². The molecule has 104 heavy (non-hydrogen) atoms. The number of esters is 4. The molecular weight excluding hydrogens is 1350 g/mol. The second-order valence-corrected chi connectivity index (χ2v) is 34.2. The van der Waals surface area contributed by atoms with E-state index in [1.807, 2.05) is 0 Å². The molecule has 0 saturated carbocycles. The maximum Gasteiger partial charge on any atom is 0.472 e. The van der Waals surface area contributed by atoms with Crippen LogP contribution in [0.15, 0.2) is 0 Å². The zero-order valence-corrected chi connectivity index (χ0v) is 70.3. The minimum absolute atomic E-state index is 0.103.